The number of hydrogen-bond donors (Lipinski definition) is 1. The first-order valence-corrected chi connectivity index (χ1v) is 6.70. The van der Waals surface area contributed by atoms with Crippen LogP contribution in [0.25, 0.3) is 0 Å². The van der Waals surface area contributed by atoms with Gasteiger partial charge in [0.1, 0.15) is 0 Å². The Balaban J connectivity index is 2.39. The molecule has 0 fully saturated rings. The van der Waals surface area contributed by atoms with Crippen LogP contribution in [-0.2, 0) is 4.74 Å². The predicted octanol–water partition coefficient (Wildman–Crippen LogP) is 3.86. The van der Waals surface area contributed by atoms with E-state index in [1.165, 1.54) is 32.8 Å². The highest BCUT2D eigenvalue weighted by Crippen LogP contribution is 2.16. The topological polar surface area (TPSA) is 38.3 Å². The molecule has 18 heavy (non-hydrogen) atoms. The van der Waals surface area contributed by atoms with E-state index in [0.717, 1.165) is 18.7 Å². The summed E-state index contributed by atoms with van der Waals surface area (Å²) in [6.45, 7) is 3.11. The van der Waals surface area contributed by atoms with Crippen molar-refractivity contribution in [1.29, 1.82) is 0 Å². The molecule has 0 aliphatic heterocycles. The fourth-order valence-electron chi connectivity index (χ4n) is 1.88. The molecule has 0 heterocycles. The van der Waals surface area contributed by atoms with Gasteiger partial charge in [-0.3, -0.25) is 0 Å². The molecule has 0 aromatic heterocycles. The molecule has 0 amide bonds. The second-order valence-corrected chi connectivity index (χ2v) is 4.38. The van der Waals surface area contributed by atoms with Crippen molar-refractivity contribution in [2.75, 3.05) is 19.0 Å². The quantitative estimate of drug-likeness (QED) is 0.561. The maximum atomic E-state index is 11.5. The van der Waals surface area contributed by atoms with Crippen LogP contribution in [0.3, 0.4) is 0 Å². The number of esters is 1. The first-order chi connectivity index (χ1) is 8.79. The van der Waals surface area contributed by atoms with E-state index in [-0.39, 0.29) is 5.97 Å². The summed E-state index contributed by atoms with van der Waals surface area (Å²) in [6.07, 6.45) is 6.23. The van der Waals surface area contributed by atoms with Gasteiger partial charge in [-0.05, 0) is 18.6 Å². The Morgan fingerprint density at radius 3 is 2.61 bits per heavy atom. The normalized spacial score (nSPS) is 10.1. The average Bonchev–Trinajstić information content (AvgIpc) is 2.42. The molecule has 3 heteroatoms. The highest BCUT2D eigenvalue weighted by atomic mass is 16.5. The molecule has 0 radical (unpaired) electrons. The van der Waals surface area contributed by atoms with Gasteiger partial charge >= 0.3 is 5.97 Å². The van der Waals surface area contributed by atoms with E-state index in [2.05, 4.69) is 12.2 Å². The monoisotopic (exact) mass is 249 g/mol. The number of anilines is 1. The van der Waals surface area contributed by atoms with Gasteiger partial charge in [-0.15, -0.1) is 0 Å². The van der Waals surface area contributed by atoms with Gasteiger partial charge in [0, 0.05) is 12.2 Å². The van der Waals surface area contributed by atoms with Crippen LogP contribution in [0, 0.1) is 0 Å². The smallest absolute Gasteiger partial charge is 0.339 e. The Morgan fingerprint density at radius 1 is 1.17 bits per heavy atom. The van der Waals surface area contributed by atoms with Crippen molar-refractivity contribution < 1.29 is 9.53 Å². The maximum Gasteiger partial charge on any atom is 0.339 e. The van der Waals surface area contributed by atoms with Crippen molar-refractivity contribution in [2.24, 2.45) is 0 Å². The van der Waals surface area contributed by atoms with Crippen molar-refractivity contribution in [1.82, 2.24) is 0 Å². The van der Waals surface area contributed by atoms with E-state index in [4.69, 9.17) is 4.74 Å². The number of nitrogens with one attached hydrogen (secondary N) is 1. The molecule has 0 unspecified atom stereocenters. The number of rotatable bonds is 8. The number of hydrogen-bond acceptors (Lipinski definition) is 3. The van der Waals surface area contributed by atoms with E-state index in [1.54, 1.807) is 6.07 Å². The molecule has 1 N–H and O–H groups in total. The molecule has 1 aromatic rings. The minimum atomic E-state index is -0.288. The Morgan fingerprint density at radius 2 is 1.89 bits per heavy atom. The van der Waals surface area contributed by atoms with Gasteiger partial charge in [0.15, 0.2) is 0 Å². The van der Waals surface area contributed by atoms with Crippen LogP contribution in [0.4, 0.5) is 5.69 Å². The van der Waals surface area contributed by atoms with Crippen molar-refractivity contribution in [3.05, 3.63) is 29.8 Å². The molecule has 0 atom stereocenters. The highest BCUT2D eigenvalue weighted by Gasteiger charge is 2.09. The lowest BCUT2D eigenvalue weighted by Gasteiger charge is -2.10. The zero-order valence-electron chi connectivity index (χ0n) is 11.4. The van der Waals surface area contributed by atoms with E-state index < -0.39 is 0 Å². The number of para-hydroxylation sites is 1. The van der Waals surface area contributed by atoms with Crippen molar-refractivity contribution >= 4 is 11.7 Å². The molecule has 100 valence electrons. The van der Waals surface area contributed by atoms with Crippen LogP contribution in [-0.4, -0.2) is 19.6 Å². The molecular formula is C15H23NO2. The molecule has 0 aliphatic carbocycles. The molecule has 0 spiro atoms. The van der Waals surface area contributed by atoms with E-state index >= 15 is 0 Å². The summed E-state index contributed by atoms with van der Waals surface area (Å²) in [7, 11) is 1.41. The van der Waals surface area contributed by atoms with E-state index in [1.807, 2.05) is 18.2 Å². The summed E-state index contributed by atoms with van der Waals surface area (Å²) >= 11 is 0. The number of carbonyl (C=O) groups excluding carboxylic acids is 1. The van der Waals surface area contributed by atoms with Crippen LogP contribution in [0.5, 0.6) is 0 Å². The van der Waals surface area contributed by atoms with Gasteiger partial charge in [-0.1, -0.05) is 44.7 Å². The zero-order valence-corrected chi connectivity index (χ0v) is 11.4. The molecular weight excluding hydrogens is 226 g/mol. The van der Waals surface area contributed by atoms with E-state index in [9.17, 15) is 4.79 Å². The number of ether oxygens (including phenoxy) is 1. The summed E-state index contributed by atoms with van der Waals surface area (Å²) in [6, 6.07) is 7.47. The minimum Gasteiger partial charge on any atom is -0.465 e. The largest absolute Gasteiger partial charge is 0.465 e. The van der Waals surface area contributed by atoms with Gasteiger partial charge in [0.05, 0.1) is 12.7 Å². The van der Waals surface area contributed by atoms with Crippen molar-refractivity contribution in [3.8, 4) is 0 Å². The summed E-state index contributed by atoms with van der Waals surface area (Å²) < 4.78 is 4.76. The third-order valence-electron chi connectivity index (χ3n) is 2.93. The number of methoxy groups -OCH3 is 1. The molecule has 0 aliphatic rings. The first kappa shape index (κ1) is 14.6. The Kier molecular flexibility index (Phi) is 6.92. The average molecular weight is 249 g/mol. The first-order valence-electron chi connectivity index (χ1n) is 6.70. The number of benzene rings is 1. The fraction of sp³-hybridized carbons (Fsp3) is 0.533. The molecule has 0 saturated carbocycles. The summed E-state index contributed by atoms with van der Waals surface area (Å²) in [4.78, 5) is 11.5. The van der Waals surface area contributed by atoms with Gasteiger partial charge in [-0.2, -0.15) is 0 Å². The van der Waals surface area contributed by atoms with Crippen LogP contribution in [0.2, 0.25) is 0 Å². The van der Waals surface area contributed by atoms with Gasteiger partial charge in [0.2, 0.25) is 0 Å². The predicted molar refractivity (Wildman–Crippen MR) is 75.0 cm³/mol. The molecule has 0 saturated heterocycles. The molecule has 0 bridgehead atoms. The Hall–Kier alpha value is -1.51. The lowest BCUT2D eigenvalue weighted by Crippen LogP contribution is -2.09. The lowest BCUT2D eigenvalue weighted by molar-refractivity contribution is 0.0602. The SMILES string of the molecule is CCCCCCCNc1ccccc1C(=O)OC. The second-order valence-electron chi connectivity index (χ2n) is 4.38. The van der Waals surface area contributed by atoms with Crippen LogP contribution in [0.15, 0.2) is 24.3 Å². The van der Waals surface area contributed by atoms with E-state index in [0.29, 0.717) is 5.56 Å². The number of carbonyl (C=O) groups is 1. The van der Waals surface area contributed by atoms with Crippen molar-refractivity contribution in [3.63, 3.8) is 0 Å². The Labute approximate surface area is 110 Å². The molecule has 1 rings (SSSR count). The standard InChI is InChI=1S/C15H23NO2/c1-3-4-5-6-9-12-16-14-11-8-7-10-13(14)15(17)18-2/h7-8,10-11,16H,3-6,9,12H2,1-2H3. The summed E-state index contributed by atoms with van der Waals surface area (Å²) in [5, 5.41) is 3.30. The Bertz CT molecular complexity index is 363. The third-order valence-corrected chi connectivity index (χ3v) is 2.93. The zero-order chi connectivity index (χ0) is 13.2. The van der Waals surface area contributed by atoms with Crippen LogP contribution >= 0.6 is 0 Å². The maximum absolute atomic E-state index is 11.5. The second kappa shape index (κ2) is 8.56. The van der Waals surface area contributed by atoms with Gasteiger partial charge < -0.3 is 10.1 Å². The summed E-state index contributed by atoms with van der Waals surface area (Å²) in [5.41, 5.74) is 1.47. The van der Waals surface area contributed by atoms with Gasteiger partial charge in [-0.25, -0.2) is 4.79 Å². The fourth-order valence-corrected chi connectivity index (χ4v) is 1.88. The minimum absolute atomic E-state index is 0.288. The summed E-state index contributed by atoms with van der Waals surface area (Å²) in [5.74, 6) is -0.288. The van der Waals surface area contributed by atoms with Crippen LogP contribution < -0.4 is 5.32 Å². The molecule has 1 aromatic carbocycles. The lowest BCUT2D eigenvalue weighted by atomic mass is 10.1. The van der Waals surface area contributed by atoms with Gasteiger partial charge in [0.25, 0.3) is 0 Å². The molecule has 3 nitrogen and oxygen atoms in total. The van der Waals surface area contributed by atoms with Crippen molar-refractivity contribution in [2.45, 2.75) is 39.0 Å². The third kappa shape index (κ3) is 4.78. The van der Waals surface area contributed by atoms with Crippen LogP contribution in [0.1, 0.15) is 49.4 Å². The highest BCUT2D eigenvalue weighted by molar-refractivity contribution is 5.95. The number of unbranched alkanes of at least 4 members (excludes halogenated alkanes) is 4.